The molecule has 0 spiro atoms. The molecule has 3 heterocycles. The van der Waals surface area contributed by atoms with Crippen LogP contribution >= 0.6 is 0 Å². The maximum atomic E-state index is 12.3. The Hall–Kier alpha value is -2.96. The highest BCUT2D eigenvalue weighted by Gasteiger charge is 2.36. The van der Waals surface area contributed by atoms with Gasteiger partial charge < -0.3 is 23.5 Å². The molecule has 24 heavy (non-hydrogen) atoms. The number of hydrogen-bond donors (Lipinski definition) is 0. The third-order valence-electron chi connectivity index (χ3n) is 4.04. The Labute approximate surface area is 137 Å². The first kappa shape index (κ1) is 14.6. The van der Waals surface area contributed by atoms with Crippen LogP contribution in [0.1, 0.15) is 12.2 Å². The number of ether oxygens (including phenoxy) is 3. The number of carbonyl (C=O) groups excluding carboxylic acids is 2. The zero-order valence-electron chi connectivity index (χ0n) is 12.8. The van der Waals surface area contributed by atoms with E-state index >= 15 is 0 Å². The van der Waals surface area contributed by atoms with Gasteiger partial charge in [-0.1, -0.05) is 0 Å². The molecule has 7 heteroatoms. The van der Waals surface area contributed by atoms with Crippen LogP contribution in [0, 0.1) is 5.92 Å². The molecule has 0 aliphatic carbocycles. The van der Waals surface area contributed by atoms with E-state index < -0.39 is 11.9 Å². The van der Waals surface area contributed by atoms with Crippen LogP contribution in [0.5, 0.6) is 17.2 Å². The Morgan fingerprint density at radius 1 is 1.25 bits per heavy atom. The summed E-state index contributed by atoms with van der Waals surface area (Å²) in [7, 11) is 0. The van der Waals surface area contributed by atoms with E-state index in [0.29, 0.717) is 36.1 Å². The summed E-state index contributed by atoms with van der Waals surface area (Å²) >= 11 is 0. The van der Waals surface area contributed by atoms with E-state index in [0.717, 1.165) is 0 Å². The molecule has 0 saturated carbocycles. The average molecular weight is 329 g/mol. The zero-order chi connectivity index (χ0) is 16.5. The van der Waals surface area contributed by atoms with Crippen LogP contribution in [0.4, 0.5) is 0 Å². The van der Waals surface area contributed by atoms with Gasteiger partial charge in [0, 0.05) is 19.0 Å². The van der Waals surface area contributed by atoms with Crippen LogP contribution in [0.3, 0.4) is 0 Å². The Bertz CT molecular complexity index is 769. The van der Waals surface area contributed by atoms with E-state index in [1.165, 1.54) is 0 Å². The Balaban J connectivity index is 1.39. The van der Waals surface area contributed by atoms with Crippen LogP contribution < -0.4 is 14.2 Å². The molecule has 2 aliphatic rings. The van der Waals surface area contributed by atoms with Gasteiger partial charge in [0.2, 0.25) is 12.7 Å². The average Bonchev–Trinajstić information content (AvgIpc) is 3.29. The quantitative estimate of drug-likeness (QED) is 0.630. The molecule has 124 valence electrons. The van der Waals surface area contributed by atoms with Crippen molar-refractivity contribution in [3.8, 4) is 17.2 Å². The van der Waals surface area contributed by atoms with E-state index in [1.54, 1.807) is 41.5 Å². The minimum Gasteiger partial charge on any atom is -0.467 e. The van der Waals surface area contributed by atoms with Crippen molar-refractivity contribution in [2.24, 2.45) is 5.92 Å². The summed E-state index contributed by atoms with van der Waals surface area (Å²) in [6.07, 6.45) is 1.70. The number of nitrogens with zero attached hydrogens (tertiary/aromatic N) is 1. The van der Waals surface area contributed by atoms with Crippen molar-refractivity contribution in [2.45, 2.75) is 13.0 Å². The first-order valence-electron chi connectivity index (χ1n) is 7.60. The van der Waals surface area contributed by atoms with Gasteiger partial charge >= 0.3 is 5.97 Å². The van der Waals surface area contributed by atoms with Gasteiger partial charge in [-0.2, -0.15) is 0 Å². The second-order valence-corrected chi connectivity index (χ2v) is 5.69. The third kappa shape index (κ3) is 2.80. The second kappa shape index (κ2) is 5.92. The normalized spacial score (nSPS) is 18.9. The number of rotatable bonds is 4. The van der Waals surface area contributed by atoms with E-state index in [4.69, 9.17) is 18.6 Å². The molecule has 2 aliphatic heterocycles. The zero-order valence-corrected chi connectivity index (χ0v) is 12.8. The molecule has 4 rings (SSSR count). The monoisotopic (exact) mass is 329 g/mol. The molecule has 0 unspecified atom stereocenters. The van der Waals surface area contributed by atoms with Crippen molar-refractivity contribution < 1.29 is 28.2 Å². The van der Waals surface area contributed by atoms with Crippen molar-refractivity contribution in [3.05, 3.63) is 42.4 Å². The number of amides is 1. The molecule has 1 aromatic heterocycles. The van der Waals surface area contributed by atoms with Crippen molar-refractivity contribution in [1.82, 2.24) is 4.90 Å². The Morgan fingerprint density at radius 2 is 2.12 bits per heavy atom. The molecule has 1 amide bonds. The van der Waals surface area contributed by atoms with Gasteiger partial charge in [-0.25, -0.2) is 0 Å². The molecule has 0 radical (unpaired) electrons. The van der Waals surface area contributed by atoms with Gasteiger partial charge in [-0.05, 0) is 24.3 Å². The SMILES string of the molecule is O=C(Oc1ccc2c(c1)OCO2)[C@@H]1CC(=O)N(Cc2ccco2)C1. The predicted octanol–water partition coefficient (Wildman–Crippen LogP) is 1.96. The summed E-state index contributed by atoms with van der Waals surface area (Å²) in [6, 6.07) is 8.50. The molecule has 1 saturated heterocycles. The predicted molar refractivity (Wildman–Crippen MR) is 80.4 cm³/mol. The Morgan fingerprint density at radius 3 is 2.96 bits per heavy atom. The van der Waals surface area contributed by atoms with Crippen LogP contribution in [0.2, 0.25) is 0 Å². The van der Waals surface area contributed by atoms with Gasteiger partial charge in [0.15, 0.2) is 11.5 Å². The van der Waals surface area contributed by atoms with E-state index in [9.17, 15) is 9.59 Å². The lowest BCUT2D eigenvalue weighted by atomic mass is 10.1. The maximum Gasteiger partial charge on any atom is 0.316 e. The summed E-state index contributed by atoms with van der Waals surface area (Å²) in [5.41, 5.74) is 0. The third-order valence-corrected chi connectivity index (χ3v) is 4.04. The van der Waals surface area contributed by atoms with E-state index in [1.807, 2.05) is 0 Å². The van der Waals surface area contributed by atoms with Crippen molar-refractivity contribution >= 4 is 11.9 Å². The lowest BCUT2D eigenvalue weighted by molar-refractivity contribution is -0.139. The summed E-state index contributed by atoms with van der Waals surface area (Å²) in [4.78, 5) is 26.0. The van der Waals surface area contributed by atoms with Crippen molar-refractivity contribution in [1.29, 1.82) is 0 Å². The van der Waals surface area contributed by atoms with Gasteiger partial charge in [0.05, 0.1) is 18.7 Å². The fourth-order valence-electron chi connectivity index (χ4n) is 2.81. The molecule has 2 aromatic rings. The highest BCUT2D eigenvalue weighted by Crippen LogP contribution is 2.35. The minimum absolute atomic E-state index is 0.0842. The number of likely N-dealkylation sites (tertiary alicyclic amines) is 1. The number of benzene rings is 1. The molecule has 0 N–H and O–H groups in total. The number of carbonyl (C=O) groups is 2. The molecule has 7 nitrogen and oxygen atoms in total. The standard InChI is InChI=1S/C17H15NO6/c19-16-6-11(8-18(16)9-13-2-1-5-21-13)17(20)24-12-3-4-14-15(7-12)23-10-22-14/h1-5,7,11H,6,8-10H2/t11-/m1/s1. The number of esters is 1. The van der Waals surface area contributed by atoms with Crippen molar-refractivity contribution in [3.63, 3.8) is 0 Å². The molecular weight excluding hydrogens is 314 g/mol. The fraction of sp³-hybridized carbons (Fsp3) is 0.294. The van der Waals surface area contributed by atoms with Crippen molar-refractivity contribution in [2.75, 3.05) is 13.3 Å². The van der Waals surface area contributed by atoms with Gasteiger partial charge in [0.1, 0.15) is 11.5 Å². The molecule has 0 bridgehead atoms. The topological polar surface area (TPSA) is 78.2 Å². The summed E-state index contributed by atoms with van der Waals surface area (Å²) in [5, 5.41) is 0. The number of hydrogen-bond acceptors (Lipinski definition) is 6. The summed E-state index contributed by atoms with van der Waals surface area (Å²) in [5.74, 6) is 1.23. The molecule has 1 atom stereocenters. The Kier molecular flexibility index (Phi) is 3.60. The molecule has 1 aromatic carbocycles. The number of fused-ring (bicyclic) bond motifs is 1. The van der Waals surface area contributed by atoms with Crippen LogP contribution in [0.25, 0.3) is 0 Å². The van der Waals surface area contributed by atoms with Gasteiger partial charge in [-0.15, -0.1) is 0 Å². The smallest absolute Gasteiger partial charge is 0.316 e. The van der Waals surface area contributed by atoms with Gasteiger partial charge in [-0.3, -0.25) is 9.59 Å². The van der Waals surface area contributed by atoms with Crippen LogP contribution in [-0.4, -0.2) is 30.1 Å². The van der Waals surface area contributed by atoms with Gasteiger partial charge in [0.25, 0.3) is 0 Å². The minimum atomic E-state index is -0.488. The maximum absolute atomic E-state index is 12.3. The molecule has 1 fully saturated rings. The first-order valence-corrected chi connectivity index (χ1v) is 7.60. The van der Waals surface area contributed by atoms with Crippen LogP contribution in [0.15, 0.2) is 41.0 Å². The lowest BCUT2D eigenvalue weighted by Crippen LogP contribution is -2.27. The molecular formula is C17H15NO6. The number of furan rings is 1. The lowest BCUT2D eigenvalue weighted by Gasteiger charge is -2.14. The first-order chi connectivity index (χ1) is 11.7. The highest BCUT2D eigenvalue weighted by molar-refractivity contribution is 5.87. The summed E-state index contributed by atoms with van der Waals surface area (Å²) < 4.78 is 21.1. The van der Waals surface area contributed by atoms with Crippen LogP contribution in [-0.2, 0) is 16.1 Å². The second-order valence-electron chi connectivity index (χ2n) is 5.69. The highest BCUT2D eigenvalue weighted by atomic mass is 16.7. The summed E-state index contributed by atoms with van der Waals surface area (Å²) in [6.45, 7) is 0.841. The van der Waals surface area contributed by atoms with E-state index in [-0.39, 0.29) is 19.1 Å². The fourth-order valence-corrected chi connectivity index (χ4v) is 2.81. The largest absolute Gasteiger partial charge is 0.467 e. The van der Waals surface area contributed by atoms with E-state index in [2.05, 4.69) is 0 Å².